The second-order valence-corrected chi connectivity index (χ2v) is 6.29. The highest BCUT2D eigenvalue weighted by Crippen LogP contribution is 2.33. The molecule has 0 bridgehead atoms. The third-order valence-corrected chi connectivity index (χ3v) is 4.00. The molecule has 7 nitrogen and oxygen atoms in total. The number of carboxylic acid groups (broad SMARTS) is 1. The number of carboxylic acids is 1. The van der Waals surface area contributed by atoms with Gasteiger partial charge in [0.2, 0.25) is 5.91 Å². The van der Waals surface area contributed by atoms with Crippen molar-refractivity contribution in [3.05, 3.63) is 18.0 Å². The zero-order valence-corrected chi connectivity index (χ0v) is 13.1. The van der Waals surface area contributed by atoms with Crippen molar-refractivity contribution in [1.82, 2.24) is 15.8 Å². The summed E-state index contributed by atoms with van der Waals surface area (Å²) in [5, 5.41) is 19.4. The number of rotatable bonds is 6. The maximum atomic E-state index is 11.5. The Hall–Kier alpha value is -1.89. The topological polar surface area (TPSA) is 104 Å². The van der Waals surface area contributed by atoms with Gasteiger partial charge in [0.15, 0.2) is 0 Å². The lowest BCUT2D eigenvalue weighted by molar-refractivity contribution is -0.139. The number of carbonyl (C=O) groups is 2. The van der Waals surface area contributed by atoms with Crippen molar-refractivity contribution < 1.29 is 19.2 Å². The number of aliphatic carboxylic acids is 1. The molecule has 1 aromatic rings. The third-order valence-electron chi connectivity index (χ3n) is 4.00. The Labute approximate surface area is 129 Å². The summed E-state index contributed by atoms with van der Waals surface area (Å²) in [5.41, 5.74) is 0.723. The molecule has 7 heteroatoms. The smallest absolute Gasteiger partial charge is 0.320 e. The monoisotopic (exact) mass is 309 g/mol. The van der Waals surface area contributed by atoms with Crippen LogP contribution in [0.15, 0.2) is 16.9 Å². The van der Waals surface area contributed by atoms with E-state index in [1.807, 2.05) is 0 Å². The number of amides is 1. The highest BCUT2D eigenvalue weighted by Gasteiger charge is 2.43. The van der Waals surface area contributed by atoms with Gasteiger partial charge < -0.3 is 14.9 Å². The van der Waals surface area contributed by atoms with E-state index < -0.39 is 12.0 Å². The van der Waals surface area contributed by atoms with Gasteiger partial charge in [-0.3, -0.25) is 14.9 Å². The predicted octanol–water partition coefficient (Wildman–Crippen LogP) is 1.12. The second kappa shape index (κ2) is 6.91. The Morgan fingerprint density at radius 1 is 1.55 bits per heavy atom. The maximum absolute atomic E-state index is 11.5. The summed E-state index contributed by atoms with van der Waals surface area (Å²) in [4.78, 5) is 22.8. The van der Waals surface area contributed by atoms with Gasteiger partial charge in [-0.15, -0.1) is 0 Å². The van der Waals surface area contributed by atoms with Gasteiger partial charge in [0.05, 0.1) is 5.69 Å². The summed E-state index contributed by atoms with van der Waals surface area (Å²) in [6, 6.07) is 0.778. The van der Waals surface area contributed by atoms with Crippen molar-refractivity contribution in [2.75, 3.05) is 0 Å². The Morgan fingerprint density at radius 2 is 2.27 bits per heavy atom. The van der Waals surface area contributed by atoms with Crippen LogP contribution < -0.4 is 10.6 Å². The quantitative estimate of drug-likeness (QED) is 0.727. The average molecular weight is 309 g/mol. The molecule has 3 unspecified atom stereocenters. The first-order chi connectivity index (χ1) is 10.4. The standard InChI is InChI=1S/C15H23N3O4/c1-8(2)6-12(16-9(3)19)14-10(11-4-5-22-18-11)7-13(17-14)15(20)21/h4-5,8,10,12-14,17H,6-7H2,1-3H3,(H,16,19)(H,20,21)/t10?,12?,13-,14?/m0/s1. The maximum Gasteiger partial charge on any atom is 0.320 e. The number of hydrogen-bond donors (Lipinski definition) is 3. The molecule has 1 amide bonds. The second-order valence-electron chi connectivity index (χ2n) is 6.29. The number of nitrogens with zero attached hydrogens (tertiary/aromatic N) is 1. The summed E-state index contributed by atoms with van der Waals surface area (Å²) in [6.45, 7) is 5.62. The molecule has 0 aliphatic carbocycles. The first-order valence-corrected chi connectivity index (χ1v) is 7.54. The van der Waals surface area contributed by atoms with E-state index in [9.17, 15) is 14.7 Å². The molecule has 3 N–H and O–H groups in total. The van der Waals surface area contributed by atoms with Gasteiger partial charge in [-0.25, -0.2) is 0 Å². The number of hydrogen-bond acceptors (Lipinski definition) is 5. The predicted molar refractivity (Wildman–Crippen MR) is 79.3 cm³/mol. The van der Waals surface area contributed by atoms with Crippen LogP contribution in [0.2, 0.25) is 0 Å². The molecule has 1 aliphatic heterocycles. The molecule has 4 atom stereocenters. The van der Waals surface area contributed by atoms with Crippen LogP contribution in [0.25, 0.3) is 0 Å². The largest absolute Gasteiger partial charge is 0.480 e. The van der Waals surface area contributed by atoms with Gasteiger partial charge >= 0.3 is 5.97 Å². The molecule has 22 heavy (non-hydrogen) atoms. The highest BCUT2D eigenvalue weighted by molar-refractivity contribution is 5.75. The Bertz CT molecular complexity index is 515. The van der Waals surface area contributed by atoms with E-state index in [-0.39, 0.29) is 23.9 Å². The van der Waals surface area contributed by atoms with E-state index in [4.69, 9.17) is 4.52 Å². The summed E-state index contributed by atoms with van der Waals surface area (Å²) in [5.74, 6) is -0.733. The molecule has 1 aromatic heterocycles. The molecule has 2 rings (SSSR count). The molecular formula is C15H23N3O4. The molecule has 2 heterocycles. The fraction of sp³-hybridized carbons (Fsp3) is 0.667. The zero-order valence-electron chi connectivity index (χ0n) is 13.1. The molecule has 122 valence electrons. The van der Waals surface area contributed by atoms with Gasteiger partial charge in [0.25, 0.3) is 0 Å². The van der Waals surface area contributed by atoms with E-state index in [0.29, 0.717) is 12.3 Å². The van der Waals surface area contributed by atoms with Crippen molar-refractivity contribution >= 4 is 11.9 Å². The first kappa shape index (κ1) is 16.5. The number of carbonyl (C=O) groups excluding carboxylic acids is 1. The van der Waals surface area contributed by atoms with Crippen LogP contribution in [0.1, 0.15) is 45.2 Å². The first-order valence-electron chi connectivity index (χ1n) is 7.54. The van der Waals surface area contributed by atoms with Crippen LogP contribution in [-0.2, 0) is 9.59 Å². The van der Waals surface area contributed by atoms with Crippen molar-refractivity contribution in [1.29, 1.82) is 0 Å². The fourth-order valence-corrected chi connectivity index (χ4v) is 3.17. The van der Waals surface area contributed by atoms with Crippen molar-refractivity contribution in [3.8, 4) is 0 Å². The minimum Gasteiger partial charge on any atom is -0.480 e. The Balaban J connectivity index is 2.25. The molecule has 0 spiro atoms. The third kappa shape index (κ3) is 3.85. The highest BCUT2D eigenvalue weighted by atomic mass is 16.5. The number of aromatic nitrogens is 1. The summed E-state index contributed by atoms with van der Waals surface area (Å²) >= 11 is 0. The van der Waals surface area contributed by atoms with Crippen molar-refractivity contribution in [2.45, 2.75) is 57.7 Å². The summed E-state index contributed by atoms with van der Waals surface area (Å²) in [6.07, 6.45) is 2.68. The normalized spacial score (nSPS) is 26.1. The van der Waals surface area contributed by atoms with Gasteiger partial charge in [-0.1, -0.05) is 19.0 Å². The summed E-state index contributed by atoms with van der Waals surface area (Å²) in [7, 11) is 0. The fourth-order valence-electron chi connectivity index (χ4n) is 3.17. The van der Waals surface area contributed by atoms with Gasteiger partial charge in [0.1, 0.15) is 12.3 Å². The van der Waals surface area contributed by atoms with Crippen molar-refractivity contribution in [3.63, 3.8) is 0 Å². The molecule has 1 saturated heterocycles. The lowest BCUT2D eigenvalue weighted by Crippen LogP contribution is -2.51. The SMILES string of the molecule is CC(=O)NC(CC(C)C)C1N[C@H](C(=O)O)CC1c1ccon1. The zero-order chi connectivity index (χ0) is 16.3. The van der Waals surface area contributed by atoms with Crippen LogP contribution in [0.3, 0.4) is 0 Å². The van der Waals surface area contributed by atoms with Crippen LogP contribution >= 0.6 is 0 Å². The lowest BCUT2D eigenvalue weighted by atomic mass is 9.87. The van der Waals surface area contributed by atoms with E-state index in [1.54, 1.807) is 6.07 Å². The van der Waals surface area contributed by atoms with Gasteiger partial charge in [-0.2, -0.15) is 0 Å². The molecule has 0 saturated carbocycles. The van der Waals surface area contributed by atoms with E-state index in [1.165, 1.54) is 13.2 Å². The molecular weight excluding hydrogens is 286 g/mol. The van der Waals surface area contributed by atoms with E-state index in [2.05, 4.69) is 29.6 Å². The molecule has 1 fully saturated rings. The Kier molecular flexibility index (Phi) is 5.18. The molecule has 0 radical (unpaired) electrons. The van der Waals surface area contributed by atoms with E-state index in [0.717, 1.165) is 12.1 Å². The van der Waals surface area contributed by atoms with Crippen LogP contribution in [0, 0.1) is 5.92 Å². The van der Waals surface area contributed by atoms with Crippen LogP contribution in [0.5, 0.6) is 0 Å². The minimum atomic E-state index is -0.887. The van der Waals surface area contributed by atoms with E-state index >= 15 is 0 Å². The Morgan fingerprint density at radius 3 is 2.77 bits per heavy atom. The molecule has 1 aliphatic rings. The lowest BCUT2D eigenvalue weighted by Gasteiger charge is -2.29. The van der Waals surface area contributed by atoms with Crippen LogP contribution in [-0.4, -0.2) is 40.3 Å². The van der Waals surface area contributed by atoms with Crippen molar-refractivity contribution in [2.24, 2.45) is 5.92 Å². The average Bonchev–Trinajstić information content (AvgIpc) is 3.06. The molecule has 0 aromatic carbocycles. The van der Waals surface area contributed by atoms with Gasteiger partial charge in [0, 0.05) is 31.0 Å². The minimum absolute atomic E-state index is 0.101. The van der Waals surface area contributed by atoms with Crippen LogP contribution in [0.4, 0.5) is 0 Å². The number of nitrogens with one attached hydrogen (secondary N) is 2. The summed E-state index contributed by atoms with van der Waals surface area (Å²) < 4.78 is 4.90. The van der Waals surface area contributed by atoms with Gasteiger partial charge in [-0.05, 0) is 18.8 Å².